The largest absolute Gasteiger partial charge is 0.378 e. The highest BCUT2D eigenvalue weighted by molar-refractivity contribution is 4.80. The van der Waals surface area contributed by atoms with Gasteiger partial charge in [0.15, 0.2) is 0 Å². The maximum atomic E-state index is 5.63. The molecule has 3 heteroatoms. The van der Waals surface area contributed by atoms with E-state index in [1.807, 2.05) is 0 Å². The molecule has 16 heavy (non-hydrogen) atoms. The van der Waals surface area contributed by atoms with Crippen LogP contribution in [-0.4, -0.2) is 18.8 Å². The van der Waals surface area contributed by atoms with Crippen LogP contribution >= 0.6 is 0 Å². The summed E-state index contributed by atoms with van der Waals surface area (Å²) in [7, 11) is 0. The third kappa shape index (κ3) is 4.81. The van der Waals surface area contributed by atoms with Gasteiger partial charge < -0.3 is 4.74 Å². The molecule has 0 bridgehead atoms. The highest BCUT2D eigenvalue weighted by Gasteiger charge is 2.28. The average Bonchev–Trinajstić information content (AvgIpc) is 2.70. The Hall–Kier alpha value is -0.120. The first-order chi connectivity index (χ1) is 7.77. The quantitative estimate of drug-likeness (QED) is 0.381. The number of nitrogens with one attached hydrogen (secondary N) is 1. The van der Waals surface area contributed by atoms with E-state index in [9.17, 15) is 0 Å². The molecule has 1 fully saturated rings. The highest BCUT2D eigenvalue weighted by atomic mass is 16.5. The second-order valence-electron chi connectivity index (χ2n) is 5.12. The molecule has 3 atom stereocenters. The van der Waals surface area contributed by atoms with Gasteiger partial charge in [-0.2, -0.15) is 0 Å². The minimum atomic E-state index is 0.418. The number of hydrogen-bond donors (Lipinski definition) is 2. The van der Waals surface area contributed by atoms with Crippen molar-refractivity contribution in [3.05, 3.63) is 0 Å². The van der Waals surface area contributed by atoms with Crippen molar-refractivity contribution in [2.24, 2.45) is 11.8 Å². The molecule has 96 valence electrons. The Balaban J connectivity index is 2.11. The number of rotatable bonds is 8. The first-order valence-corrected chi connectivity index (χ1v) is 6.85. The van der Waals surface area contributed by atoms with Gasteiger partial charge in [0.05, 0.1) is 12.7 Å². The van der Waals surface area contributed by atoms with Crippen LogP contribution in [0.3, 0.4) is 0 Å². The van der Waals surface area contributed by atoms with Crippen LogP contribution in [0.1, 0.15) is 58.8 Å². The Bertz CT molecular complexity index is 175. The van der Waals surface area contributed by atoms with E-state index < -0.39 is 0 Å². The fraction of sp³-hybridized carbons (Fsp3) is 1.00. The van der Waals surface area contributed by atoms with Crippen molar-refractivity contribution in [2.45, 2.75) is 70.9 Å². The van der Waals surface area contributed by atoms with Crippen molar-refractivity contribution in [2.75, 3.05) is 6.61 Å². The second kappa shape index (κ2) is 8.04. The lowest BCUT2D eigenvalue weighted by Gasteiger charge is -2.21. The summed E-state index contributed by atoms with van der Waals surface area (Å²) >= 11 is 0. The van der Waals surface area contributed by atoms with Gasteiger partial charge >= 0.3 is 0 Å². The lowest BCUT2D eigenvalue weighted by Crippen LogP contribution is -2.41. The van der Waals surface area contributed by atoms with E-state index in [0.29, 0.717) is 18.1 Å². The number of ether oxygens (including phenoxy) is 1. The summed E-state index contributed by atoms with van der Waals surface area (Å²) in [6.07, 6.45) is 9.45. The van der Waals surface area contributed by atoms with E-state index in [2.05, 4.69) is 19.3 Å². The summed E-state index contributed by atoms with van der Waals surface area (Å²) in [5, 5.41) is 0. The summed E-state index contributed by atoms with van der Waals surface area (Å²) < 4.78 is 5.60. The van der Waals surface area contributed by atoms with Gasteiger partial charge in [-0.15, -0.1) is 0 Å². The molecule has 3 nitrogen and oxygen atoms in total. The zero-order valence-corrected chi connectivity index (χ0v) is 10.9. The van der Waals surface area contributed by atoms with Gasteiger partial charge in [0.1, 0.15) is 0 Å². The van der Waals surface area contributed by atoms with E-state index >= 15 is 0 Å². The van der Waals surface area contributed by atoms with E-state index in [1.165, 1.54) is 38.5 Å². The van der Waals surface area contributed by atoms with Gasteiger partial charge in [-0.05, 0) is 19.8 Å². The van der Waals surface area contributed by atoms with E-state index in [4.69, 9.17) is 10.6 Å². The number of hydrogen-bond acceptors (Lipinski definition) is 3. The summed E-state index contributed by atoms with van der Waals surface area (Å²) in [6.45, 7) is 5.28. The van der Waals surface area contributed by atoms with Crippen LogP contribution in [0, 0.1) is 5.92 Å². The van der Waals surface area contributed by atoms with E-state index in [1.54, 1.807) is 0 Å². The molecule has 1 saturated heterocycles. The first kappa shape index (κ1) is 13.9. The van der Waals surface area contributed by atoms with Crippen molar-refractivity contribution in [3.63, 3.8) is 0 Å². The molecule has 0 aliphatic carbocycles. The minimum absolute atomic E-state index is 0.418. The Morgan fingerprint density at radius 2 is 2.06 bits per heavy atom. The van der Waals surface area contributed by atoms with Crippen molar-refractivity contribution in [3.8, 4) is 0 Å². The van der Waals surface area contributed by atoms with Crippen LogP contribution in [0.4, 0.5) is 0 Å². The maximum Gasteiger partial charge on any atom is 0.0551 e. The number of hydrazine groups is 1. The molecule has 3 N–H and O–H groups in total. The van der Waals surface area contributed by atoms with Crippen LogP contribution in [0.5, 0.6) is 0 Å². The van der Waals surface area contributed by atoms with Crippen molar-refractivity contribution >= 4 is 0 Å². The topological polar surface area (TPSA) is 47.3 Å². The van der Waals surface area contributed by atoms with Crippen molar-refractivity contribution in [1.29, 1.82) is 0 Å². The summed E-state index contributed by atoms with van der Waals surface area (Å²) in [5.74, 6) is 6.25. The molecule has 1 aliphatic rings. The fourth-order valence-corrected chi connectivity index (χ4v) is 2.55. The van der Waals surface area contributed by atoms with Crippen LogP contribution in [-0.2, 0) is 4.74 Å². The lowest BCUT2D eigenvalue weighted by molar-refractivity contribution is 0.116. The third-order valence-corrected chi connectivity index (χ3v) is 3.63. The van der Waals surface area contributed by atoms with Gasteiger partial charge in [0.2, 0.25) is 0 Å². The van der Waals surface area contributed by atoms with E-state index in [-0.39, 0.29) is 0 Å². The molecule has 1 rings (SSSR count). The molecule has 0 amide bonds. The molecule has 0 aromatic heterocycles. The molecule has 0 spiro atoms. The number of unbranched alkanes of at least 4 members (excludes halogenated alkanes) is 4. The van der Waals surface area contributed by atoms with Crippen molar-refractivity contribution in [1.82, 2.24) is 5.43 Å². The predicted molar refractivity (Wildman–Crippen MR) is 68.0 cm³/mol. The molecule has 0 saturated carbocycles. The molecule has 0 aromatic carbocycles. The highest BCUT2D eigenvalue weighted by Crippen LogP contribution is 2.24. The van der Waals surface area contributed by atoms with Gasteiger partial charge in [-0.1, -0.05) is 39.0 Å². The SMILES string of the molecule is CCCCCCCC(NN)C1COC(C)C1. The van der Waals surface area contributed by atoms with Crippen LogP contribution < -0.4 is 11.3 Å². The van der Waals surface area contributed by atoms with Gasteiger partial charge in [-0.3, -0.25) is 11.3 Å². The molecule has 1 heterocycles. The van der Waals surface area contributed by atoms with Crippen LogP contribution in [0.2, 0.25) is 0 Å². The molecule has 0 aromatic rings. The zero-order chi connectivity index (χ0) is 11.8. The van der Waals surface area contributed by atoms with Gasteiger partial charge in [0.25, 0.3) is 0 Å². The Labute approximate surface area is 100 Å². The monoisotopic (exact) mass is 228 g/mol. The fourth-order valence-electron chi connectivity index (χ4n) is 2.55. The Kier molecular flexibility index (Phi) is 7.01. The summed E-state index contributed by atoms with van der Waals surface area (Å²) in [6, 6.07) is 0.451. The Morgan fingerprint density at radius 3 is 2.62 bits per heavy atom. The van der Waals surface area contributed by atoms with E-state index in [0.717, 1.165) is 13.0 Å². The minimum Gasteiger partial charge on any atom is -0.378 e. The second-order valence-corrected chi connectivity index (χ2v) is 5.12. The molecule has 3 unspecified atom stereocenters. The molecular weight excluding hydrogens is 200 g/mol. The predicted octanol–water partition coefficient (Wildman–Crippen LogP) is 2.60. The van der Waals surface area contributed by atoms with Crippen LogP contribution in [0.15, 0.2) is 0 Å². The smallest absolute Gasteiger partial charge is 0.0551 e. The summed E-state index contributed by atoms with van der Waals surface area (Å²) in [4.78, 5) is 0. The van der Waals surface area contributed by atoms with Gasteiger partial charge in [-0.25, -0.2) is 0 Å². The normalized spacial score (nSPS) is 27.2. The van der Waals surface area contributed by atoms with Crippen LogP contribution in [0.25, 0.3) is 0 Å². The Morgan fingerprint density at radius 1 is 1.31 bits per heavy atom. The lowest BCUT2D eigenvalue weighted by atomic mass is 9.93. The molecule has 1 aliphatic heterocycles. The zero-order valence-electron chi connectivity index (χ0n) is 10.9. The van der Waals surface area contributed by atoms with Crippen molar-refractivity contribution < 1.29 is 4.74 Å². The number of nitrogens with two attached hydrogens (primary N) is 1. The molecule has 0 radical (unpaired) electrons. The molecular formula is C13H28N2O. The summed E-state index contributed by atoms with van der Waals surface area (Å²) in [5.41, 5.74) is 2.98. The van der Waals surface area contributed by atoms with Gasteiger partial charge in [0, 0.05) is 12.0 Å². The first-order valence-electron chi connectivity index (χ1n) is 6.85. The average molecular weight is 228 g/mol. The standard InChI is InChI=1S/C13H28N2O/c1-3-4-5-6-7-8-13(15-14)12-9-11(2)16-10-12/h11-13,15H,3-10,14H2,1-2H3. The third-order valence-electron chi connectivity index (χ3n) is 3.63. The maximum absolute atomic E-state index is 5.63.